The van der Waals surface area contributed by atoms with Crippen molar-refractivity contribution in [1.29, 1.82) is 0 Å². The predicted molar refractivity (Wildman–Crippen MR) is 107 cm³/mol. The minimum absolute atomic E-state index is 0.144. The number of amides is 1. The summed E-state index contributed by atoms with van der Waals surface area (Å²) in [5.41, 5.74) is 5.01. The summed E-state index contributed by atoms with van der Waals surface area (Å²) in [6.45, 7) is 0.571. The van der Waals surface area contributed by atoms with Gasteiger partial charge in [0.15, 0.2) is 0 Å². The van der Waals surface area contributed by atoms with Crippen molar-refractivity contribution in [3.05, 3.63) is 29.6 Å². The lowest BCUT2D eigenvalue weighted by Gasteiger charge is -2.46. The molecule has 3 heterocycles. The SMILES string of the molecule is COC(=O)c1cc(CN2NC(C3CCC3)C3C4CCCCC4NC(=O)C32)ccn1. The van der Waals surface area contributed by atoms with Gasteiger partial charge >= 0.3 is 5.97 Å². The summed E-state index contributed by atoms with van der Waals surface area (Å²) in [5, 5.41) is 5.46. The molecule has 2 aliphatic carbocycles. The molecule has 4 aliphatic rings. The van der Waals surface area contributed by atoms with Gasteiger partial charge in [0, 0.05) is 30.7 Å². The molecule has 156 valence electrons. The molecule has 2 N–H and O–H groups in total. The molecule has 4 fully saturated rings. The third kappa shape index (κ3) is 3.34. The maximum atomic E-state index is 13.1. The molecule has 1 aromatic heterocycles. The lowest BCUT2D eigenvalue weighted by molar-refractivity contribution is -0.133. The van der Waals surface area contributed by atoms with Gasteiger partial charge in [-0.1, -0.05) is 19.3 Å². The molecule has 29 heavy (non-hydrogen) atoms. The number of nitrogens with zero attached hydrogens (tertiary/aromatic N) is 2. The second kappa shape index (κ2) is 7.69. The average Bonchev–Trinajstić information content (AvgIpc) is 3.06. The molecule has 2 aliphatic heterocycles. The fourth-order valence-electron chi connectivity index (χ4n) is 5.99. The monoisotopic (exact) mass is 398 g/mol. The molecule has 1 aromatic rings. The van der Waals surface area contributed by atoms with Gasteiger partial charge < -0.3 is 10.1 Å². The van der Waals surface area contributed by atoms with Crippen LogP contribution in [0.4, 0.5) is 0 Å². The second-order valence-electron chi connectivity index (χ2n) is 9.10. The number of methoxy groups -OCH3 is 1. The number of aromatic nitrogens is 1. The number of nitrogens with one attached hydrogen (secondary N) is 2. The summed E-state index contributed by atoms with van der Waals surface area (Å²) >= 11 is 0. The van der Waals surface area contributed by atoms with Gasteiger partial charge in [-0.25, -0.2) is 14.8 Å². The van der Waals surface area contributed by atoms with Gasteiger partial charge in [0.2, 0.25) is 5.91 Å². The fourth-order valence-corrected chi connectivity index (χ4v) is 5.99. The van der Waals surface area contributed by atoms with E-state index in [4.69, 9.17) is 4.74 Å². The molecular formula is C22H30N4O3. The van der Waals surface area contributed by atoms with Crippen molar-refractivity contribution in [3.63, 3.8) is 0 Å². The van der Waals surface area contributed by atoms with E-state index in [1.54, 1.807) is 12.3 Å². The Hall–Kier alpha value is -1.99. The first-order valence-corrected chi connectivity index (χ1v) is 11.0. The van der Waals surface area contributed by atoms with Gasteiger partial charge in [0.1, 0.15) is 11.7 Å². The van der Waals surface area contributed by atoms with Crippen molar-refractivity contribution < 1.29 is 14.3 Å². The van der Waals surface area contributed by atoms with Gasteiger partial charge in [-0.15, -0.1) is 0 Å². The van der Waals surface area contributed by atoms with Gasteiger partial charge in [0.25, 0.3) is 0 Å². The van der Waals surface area contributed by atoms with Crippen molar-refractivity contribution in [2.24, 2.45) is 17.8 Å². The van der Waals surface area contributed by atoms with Crippen LogP contribution in [-0.2, 0) is 16.1 Å². The normalized spacial score (nSPS) is 34.7. The molecule has 0 bridgehead atoms. The van der Waals surface area contributed by atoms with E-state index in [9.17, 15) is 9.59 Å². The Kier molecular flexibility index (Phi) is 5.04. The third-order valence-corrected chi connectivity index (χ3v) is 7.57. The third-order valence-electron chi connectivity index (χ3n) is 7.57. The molecule has 5 unspecified atom stereocenters. The van der Waals surface area contributed by atoms with Crippen LogP contribution in [0.5, 0.6) is 0 Å². The maximum absolute atomic E-state index is 13.1. The zero-order valence-corrected chi connectivity index (χ0v) is 17.0. The molecule has 0 radical (unpaired) electrons. The highest BCUT2D eigenvalue weighted by molar-refractivity contribution is 5.87. The first kappa shape index (κ1) is 19.0. The molecule has 5 atom stereocenters. The summed E-state index contributed by atoms with van der Waals surface area (Å²) in [5.74, 6) is 1.34. The molecule has 0 spiro atoms. The number of piperidine rings is 1. The molecule has 0 aromatic carbocycles. The summed E-state index contributed by atoms with van der Waals surface area (Å²) in [7, 11) is 1.36. The molecule has 7 heteroatoms. The molecule has 7 nitrogen and oxygen atoms in total. The molecule has 1 amide bonds. The highest BCUT2D eigenvalue weighted by Gasteiger charge is 2.56. The fraction of sp³-hybridized carbons (Fsp3) is 0.682. The number of ether oxygens (including phenoxy) is 1. The Labute approximate surface area is 171 Å². The summed E-state index contributed by atoms with van der Waals surface area (Å²) in [6, 6.07) is 4.25. The largest absolute Gasteiger partial charge is 0.464 e. The quantitative estimate of drug-likeness (QED) is 0.755. The van der Waals surface area contributed by atoms with Crippen LogP contribution in [0.15, 0.2) is 18.3 Å². The number of carbonyl (C=O) groups is 2. The van der Waals surface area contributed by atoms with E-state index < -0.39 is 5.97 Å². The van der Waals surface area contributed by atoms with Crippen LogP contribution in [0.1, 0.15) is 61.0 Å². The van der Waals surface area contributed by atoms with E-state index in [-0.39, 0.29) is 11.9 Å². The van der Waals surface area contributed by atoms with Crippen LogP contribution in [0, 0.1) is 17.8 Å². The van der Waals surface area contributed by atoms with Crippen LogP contribution < -0.4 is 10.7 Å². The second-order valence-corrected chi connectivity index (χ2v) is 9.10. The first-order valence-electron chi connectivity index (χ1n) is 11.0. The minimum atomic E-state index is -0.438. The molecule has 2 saturated heterocycles. The first-order chi connectivity index (χ1) is 14.2. The average molecular weight is 399 g/mol. The predicted octanol–water partition coefficient (Wildman–Crippen LogP) is 2.03. The van der Waals surface area contributed by atoms with E-state index in [2.05, 4.69) is 20.7 Å². The lowest BCUT2D eigenvalue weighted by Crippen LogP contribution is -2.61. The number of rotatable bonds is 4. The Morgan fingerprint density at radius 3 is 2.83 bits per heavy atom. The smallest absolute Gasteiger partial charge is 0.356 e. The number of esters is 1. The van der Waals surface area contributed by atoms with Crippen LogP contribution in [0.25, 0.3) is 0 Å². The number of fused-ring (bicyclic) bond motifs is 3. The highest BCUT2D eigenvalue weighted by Crippen LogP contribution is 2.46. The van der Waals surface area contributed by atoms with Crippen molar-refractivity contribution in [1.82, 2.24) is 20.7 Å². The minimum Gasteiger partial charge on any atom is -0.464 e. The highest BCUT2D eigenvalue weighted by atomic mass is 16.5. The van der Waals surface area contributed by atoms with Gasteiger partial charge in [0.05, 0.1) is 7.11 Å². The van der Waals surface area contributed by atoms with E-state index in [0.29, 0.717) is 42.1 Å². The number of carbonyl (C=O) groups excluding carboxylic acids is 2. The van der Waals surface area contributed by atoms with Crippen LogP contribution >= 0.6 is 0 Å². The standard InChI is InChI=1S/C22H30N4O3/c1-29-22(28)17-11-13(9-10-23-17)12-26-20-18(19(25-26)14-5-4-6-14)15-7-2-3-8-16(15)24-21(20)27/h9-11,14-16,18-20,25H,2-8,12H2,1H3,(H,24,27). The van der Waals surface area contributed by atoms with Crippen LogP contribution in [-0.4, -0.2) is 47.1 Å². The van der Waals surface area contributed by atoms with Gasteiger partial charge in [-0.3, -0.25) is 10.2 Å². The summed E-state index contributed by atoms with van der Waals surface area (Å²) in [4.78, 5) is 29.1. The van der Waals surface area contributed by atoms with E-state index in [1.165, 1.54) is 45.6 Å². The Morgan fingerprint density at radius 1 is 1.24 bits per heavy atom. The van der Waals surface area contributed by atoms with Crippen molar-refractivity contribution in [3.8, 4) is 0 Å². The van der Waals surface area contributed by atoms with Gasteiger partial charge in [-0.05, 0) is 55.2 Å². The van der Waals surface area contributed by atoms with E-state index in [0.717, 1.165) is 12.0 Å². The van der Waals surface area contributed by atoms with Crippen LogP contribution in [0.3, 0.4) is 0 Å². The van der Waals surface area contributed by atoms with E-state index >= 15 is 0 Å². The van der Waals surface area contributed by atoms with E-state index in [1.807, 2.05) is 6.07 Å². The molecular weight excluding hydrogens is 368 g/mol. The number of hydrazine groups is 1. The van der Waals surface area contributed by atoms with Crippen molar-refractivity contribution in [2.45, 2.75) is 69.6 Å². The Morgan fingerprint density at radius 2 is 2.07 bits per heavy atom. The Bertz CT molecular complexity index is 796. The van der Waals surface area contributed by atoms with Crippen LogP contribution in [0.2, 0.25) is 0 Å². The summed E-state index contributed by atoms with van der Waals surface area (Å²) < 4.78 is 4.80. The van der Waals surface area contributed by atoms with Crippen molar-refractivity contribution >= 4 is 11.9 Å². The number of hydrogen-bond donors (Lipinski definition) is 2. The zero-order chi connectivity index (χ0) is 20.0. The molecule has 2 saturated carbocycles. The summed E-state index contributed by atoms with van der Waals surface area (Å²) in [6.07, 6.45) is 10.3. The Balaban J connectivity index is 1.42. The topological polar surface area (TPSA) is 83.6 Å². The number of hydrogen-bond acceptors (Lipinski definition) is 6. The number of pyridine rings is 1. The lowest BCUT2D eigenvalue weighted by atomic mass is 9.64. The van der Waals surface area contributed by atoms with Crippen molar-refractivity contribution in [2.75, 3.05) is 7.11 Å². The molecule has 5 rings (SSSR count). The maximum Gasteiger partial charge on any atom is 0.356 e. The zero-order valence-electron chi connectivity index (χ0n) is 17.0. The van der Waals surface area contributed by atoms with Gasteiger partial charge in [-0.2, -0.15) is 0 Å².